The molecule has 5 rings (SSSR count). The van der Waals surface area contributed by atoms with E-state index < -0.39 is 0 Å². The summed E-state index contributed by atoms with van der Waals surface area (Å²) >= 11 is 0. The van der Waals surface area contributed by atoms with Gasteiger partial charge in [-0.05, 0) is 49.2 Å². The molecule has 166 valence electrons. The molecule has 0 spiro atoms. The maximum absolute atomic E-state index is 5.52. The van der Waals surface area contributed by atoms with Crippen LogP contribution in [0.3, 0.4) is 0 Å². The van der Waals surface area contributed by atoms with Crippen LogP contribution in [0.4, 0.5) is 0 Å². The van der Waals surface area contributed by atoms with Crippen LogP contribution in [-0.2, 0) is 17.8 Å². The van der Waals surface area contributed by atoms with E-state index in [-0.39, 0.29) is 0 Å². The Morgan fingerprint density at radius 2 is 1.61 bits per heavy atom. The molecular formula is C30H31N2O+. The Morgan fingerprint density at radius 1 is 0.818 bits per heavy atom. The van der Waals surface area contributed by atoms with Crippen molar-refractivity contribution in [2.75, 3.05) is 13.2 Å². The molecule has 0 N–H and O–H groups in total. The molecule has 0 aliphatic rings. The average molecular weight is 436 g/mol. The van der Waals surface area contributed by atoms with Crippen molar-refractivity contribution in [2.24, 2.45) is 0 Å². The third-order valence-corrected chi connectivity index (χ3v) is 6.42. The SMILES string of the molecule is CCOCCC[n+]1ccc(C=Cc2ccc3c(c2)c2ccccc2n3CC)c2ccccc21. The summed E-state index contributed by atoms with van der Waals surface area (Å²) in [6, 6.07) is 26.4. The number of fused-ring (bicyclic) bond motifs is 4. The molecule has 0 saturated carbocycles. The van der Waals surface area contributed by atoms with Crippen molar-refractivity contribution in [3.8, 4) is 0 Å². The second-order valence-electron chi connectivity index (χ2n) is 8.40. The van der Waals surface area contributed by atoms with E-state index >= 15 is 0 Å². The van der Waals surface area contributed by atoms with Gasteiger partial charge in [0.15, 0.2) is 12.7 Å². The second kappa shape index (κ2) is 9.60. The van der Waals surface area contributed by atoms with Gasteiger partial charge in [0.1, 0.15) is 0 Å². The van der Waals surface area contributed by atoms with Gasteiger partial charge in [0.25, 0.3) is 0 Å². The van der Waals surface area contributed by atoms with Crippen LogP contribution in [0.15, 0.2) is 79.0 Å². The second-order valence-corrected chi connectivity index (χ2v) is 8.40. The molecule has 0 saturated heterocycles. The Morgan fingerprint density at radius 3 is 2.45 bits per heavy atom. The third-order valence-electron chi connectivity index (χ3n) is 6.42. The molecule has 3 aromatic carbocycles. The highest BCUT2D eigenvalue weighted by atomic mass is 16.5. The molecule has 0 bridgehead atoms. The van der Waals surface area contributed by atoms with E-state index in [0.717, 1.165) is 32.7 Å². The molecule has 2 heterocycles. The van der Waals surface area contributed by atoms with Crippen LogP contribution in [0.25, 0.3) is 44.9 Å². The summed E-state index contributed by atoms with van der Waals surface area (Å²) < 4.78 is 10.2. The summed E-state index contributed by atoms with van der Waals surface area (Å²) in [5.41, 5.74) is 6.33. The topological polar surface area (TPSA) is 18.0 Å². The van der Waals surface area contributed by atoms with Crippen LogP contribution in [0.1, 0.15) is 31.4 Å². The predicted octanol–water partition coefficient (Wildman–Crippen LogP) is 6.85. The highest BCUT2D eigenvalue weighted by molar-refractivity contribution is 6.08. The summed E-state index contributed by atoms with van der Waals surface area (Å²) in [6.45, 7) is 7.77. The molecule has 0 aliphatic heterocycles. The van der Waals surface area contributed by atoms with Crippen molar-refractivity contribution in [1.29, 1.82) is 0 Å². The third kappa shape index (κ3) is 4.17. The van der Waals surface area contributed by atoms with Gasteiger partial charge >= 0.3 is 0 Å². The van der Waals surface area contributed by atoms with Crippen molar-refractivity contribution in [3.05, 3.63) is 90.1 Å². The van der Waals surface area contributed by atoms with Crippen molar-refractivity contribution < 1.29 is 9.30 Å². The number of aromatic nitrogens is 2. The van der Waals surface area contributed by atoms with Gasteiger partial charge in [0.05, 0.1) is 12.0 Å². The molecule has 3 heteroatoms. The van der Waals surface area contributed by atoms with E-state index in [1.54, 1.807) is 0 Å². The first-order valence-electron chi connectivity index (χ1n) is 12.0. The summed E-state index contributed by atoms with van der Waals surface area (Å²) in [6.07, 6.45) is 7.70. The van der Waals surface area contributed by atoms with Crippen molar-refractivity contribution in [3.63, 3.8) is 0 Å². The molecule has 5 aromatic rings. The minimum atomic E-state index is 0.778. The van der Waals surface area contributed by atoms with Crippen LogP contribution in [0.5, 0.6) is 0 Å². The normalized spacial score (nSPS) is 11.9. The zero-order chi connectivity index (χ0) is 22.6. The number of pyridine rings is 1. The Hall–Kier alpha value is -3.43. The molecule has 33 heavy (non-hydrogen) atoms. The Bertz CT molecular complexity index is 1440. The number of benzene rings is 3. The highest BCUT2D eigenvalue weighted by Crippen LogP contribution is 2.30. The van der Waals surface area contributed by atoms with E-state index in [2.05, 4.69) is 107 Å². The van der Waals surface area contributed by atoms with Gasteiger partial charge in [-0.25, -0.2) is 0 Å². The fraction of sp³-hybridized carbons (Fsp3) is 0.233. The molecule has 0 radical (unpaired) electrons. The fourth-order valence-electron chi connectivity index (χ4n) is 4.83. The quantitative estimate of drug-likeness (QED) is 0.192. The van der Waals surface area contributed by atoms with Crippen LogP contribution < -0.4 is 4.57 Å². The molecule has 0 aliphatic carbocycles. The lowest BCUT2D eigenvalue weighted by Crippen LogP contribution is -2.34. The van der Waals surface area contributed by atoms with Gasteiger partial charge in [-0.15, -0.1) is 0 Å². The van der Waals surface area contributed by atoms with Crippen molar-refractivity contribution in [2.45, 2.75) is 33.4 Å². The van der Waals surface area contributed by atoms with Crippen LogP contribution >= 0.6 is 0 Å². The molecule has 0 unspecified atom stereocenters. The largest absolute Gasteiger partial charge is 0.381 e. The first kappa shape index (κ1) is 21.4. The Labute approximate surface area is 195 Å². The first-order chi connectivity index (χ1) is 16.3. The van der Waals surface area contributed by atoms with Crippen LogP contribution in [0.2, 0.25) is 0 Å². The first-order valence-corrected chi connectivity index (χ1v) is 12.0. The number of hydrogen-bond acceptors (Lipinski definition) is 1. The van der Waals surface area contributed by atoms with Crippen molar-refractivity contribution >= 4 is 44.9 Å². The number of hydrogen-bond donors (Lipinski definition) is 0. The van der Waals surface area contributed by atoms with Gasteiger partial charge < -0.3 is 9.30 Å². The van der Waals surface area contributed by atoms with Gasteiger partial charge in [0.2, 0.25) is 5.52 Å². The zero-order valence-corrected chi connectivity index (χ0v) is 19.5. The highest BCUT2D eigenvalue weighted by Gasteiger charge is 2.11. The smallest absolute Gasteiger partial charge is 0.213 e. The summed E-state index contributed by atoms with van der Waals surface area (Å²) in [5, 5.41) is 3.92. The summed E-state index contributed by atoms with van der Waals surface area (Å²) in [4.78, 5) is 0. The number of ether oxygens (including phenoxy) is 1. The van der Waals surface area contributed by atoms with Crippen molar-refractivity contribution in [1.82, 2.24) is 4.57 Å². The van der Waals surface area contributed by atoms with Gasteiger partial charge in [-0.3, -0.25) is 0 Å². The molecular weight excluding hydrogens is 404 g/mol. The van der Waals surface area contributed by atoms with Gasteiger partial charge in [-0.2, -0.15) is 4.57 Å². The minimum Gasteiger partial charge on any atom is -0.381 e. The lowest BCUT2D eigenvalue weighted by molar-refractivity contribution is -0.672. The van der Waals surface area contributed by atoms with E-state index in [1.165, 1.54) is 43.8 Å². The van der Waals surface area contributed by atoms with E-state index in [0.29, 0.717) is 0 Å². The maximum atomic E-state index is 5.52. The molecule has 3 nitrogen and oxygen atoms in total. The summed E-state index contributed by atoms with van der Waals surface area (Å²) in [5.74, 6) is 0. The van der Waals surface area contributed by atoms with E-state index in [1.807, 2.05) is 6.92 Å². The standard InChI is InChI=1S/C30H31N2O/c1-3-32-29-13-8-6-11-26(29)27-22-23(15-17-30(27)32)14-16-24-18-20-31(19-9-21-33-4-2)28-12-7-5-10-25(24)28/h5-8,10-18,20,22H,3-4,9,19,21H2,1-2H3/q+1. The number of nitrogens with zero attached hydrogens (tertiary/aromatic N) is 2. The van der Waals surface area contributed by atoms with Crippen LogP contribution in [-0.4, -0.2) is 17.8 Å². The molecule has 0 fully saturated rings. The number of para-hydroxylation sites is 2. The van der Waals surface area contributed by atoms with Gasteiger partial charge in [-0.1, -0.05) is 48.6 Å². The molecule has 0 atom stereocenters. The fourth-order valence-corrected chi connectivity index (χ4v) is 4.83. The monoisotopic (exact) mass is 435 g/mol. The average Bonchev–Trinajstić information content (AvgIpc) is 3.19. The Balaban J connectivity index is 1.49. The van der Waals surface area contributed by atoms with E-state index in [9.17, 15) is 0 Å². The Kier molecular flexibility index (Phi) is 6.23. The molecule has 2 aromatic heterocycles. The number of rotatable bonds is 8. The predicted molar refractivity (Wildman–Crippen MR) is 139 cm³/mol. The minimum absolute atomic E-state index is 0.778. The van der Waals surface area contributed by atoms with E-state index in [4.69, 9.17) is 4.74 Å². The lowest BCUT2D eigenvalue weighted by atomic mass is 10.1. The summed E-state index contributed by atoms with van der Waals surface area (Å²) in [7, 11) is 0. The number of aryl methyl sites for hydroxylation is 2. The molecule has 0 amide bonds. The zero-order valence-electron chi connectivity index (χ0n) is 19.5. The van der Waals surface area contributed by atoms with Gasteiger partial charge in [0, 0.05) is 53.5 Å². The van der Waals surface area contributed by atoms with Crippen LogP contribution in [0, 0.1) is 0 Å². The lowest BCUT2D eigenvalue weighted by Gasteiger charge is -2.05. The maximum Gasteiger partial charge on any atom is 0.213 e.